The first-order valence-electron chi connectivity index (χ1n) is 9.48. The Balaban J connectivity index is 1.68. The fourth-order valence-electron chi connectivity index (χ4n) is 3.84. The topological polar surface area (TPSA) is 41.6 Å². The lowest BCUT2D eigenvalue weighted by atomic mass is 9.79. The Kier molecular flexibility index (Phi) is 6.35. The largest absolute Gasteiger partial charge is 0.444 e. The molecule has 0 aromatic rings. The monoisotopic (exact) mass is 324 g/mol. The number of nitrogens with zero attached hydrogens (tertiary/aromatic N) is 1. The van der Waals surface area contributed by atoms with Crippen molar-refractivity contribution in [1.82, 2.24) is 10.2 Å². The Labute approximate surface area is 142 Å². The maximum Gasteiger partial charge on any atom is 0.410 e. The van der Waals surface area contributed by atoms with Crippen molar-refractivity contribution >= 4 is 6.09 Å². The van der Waals surface area contributed by atoms with E-state index in [-0.39, 0.29) is 6.09 Å². The van der Waals surface area contributed by atoms with Gasteiger partial charge >= 0.3 is 6.09 Å². The van der Waals surface area contributed by atoms with Crippen molar-refractivity contribution < 1.29 is 9.53 Å². The second-order valence-corrected chi connectivity index (χ2v) is 8.76. The van der Waals surface area contributed by atoms with Crippen molar-refractivity contribution in [3.63, 3.8) is 0 Å². The first kappa shape index (κ1) is 18.6. The molecule has 0 radical (unpaired) electrons. The molecule has 0 bridgehead atoms. The number of hydrogen-bond donors (Lipinski definition) is 1. The molecule has 0 aromatic heterocycles. The first-order chi connectivity index (χ1) is 10.7. The van der Waals surface area contributed by atoms with E-state index in [1.165, 1.54) is 25.7 Å². The third-order valence-electron chi connectivity index (χ3n) is 5.33. The van der Waals surface area contributed by atoms with Gasteiger partial charge in [-0.05, 0) is 71.1 Å². The van der Waals surface area contributed by atoms with Crippen LogP contribution in [0.2, 0.25) is 0 Å². The smallest absolute Gasteiger partial charge is 0.410 e. The van der Waals surface area contributed by atoms with Crippen LogP contribution >= 0.6 is 0 Å². The van der Waals surface area contributed by atoms with Crippen molar-refractivity contribution in [3.05, 3.63) is 0 Å². The zero-order chi connectivity index (χ0) is 17.0. The van der Waals surface area contributed by atoms with Crippen LogP contribution in [0, 0.1) is 11.8 Å². The van der Waals surface area contributed by atoms with Crippen LogP contribution in [0.4, 0.5) is 4.79 Å². The SMILES string of the molecule is CC(C)C1CCC(NC2CCN(C(=O)OC(C)(C)C)CC2)CC1. The van der Waals surface area contributed by atoms with Gasteiger partial charge in [0.15, 0.2) is 0 Å². The summed E-state index contributed by atoms with van der Waals surface area (Å²) >= 11 is 0. The summed E-state index contributed by atoms with van der Waals surface area (Å²) in [6.07, 6.45) is 7.29. The molecule has 2 aliphatic rings. The summed E-state index contributed by atoms with van der Waals surface area (Å²) in [4.78, 5) is 14.0. The number of ether oxygens (including phenoxy) is 1. The van der Waals surface area contributed by atoms with Crippen molar-refractivity contribution in [2.24, 2.45) is 11.8 Å². The number of carbonyl (C=O) groups is 1. The van der Waals surface area contributed by atoms with Crippen LogP contribution in [0.1, 0.15) is 73.1 Å². The number of rotatable bonds is 3. The van der Waals surface area contributed by atoms with Crippen molar-refractivity contribution in [2.45, 2.75) is 90.8 Å². The van der Waals surface area contributed by atoms with Gasteiger partial charge in [0.1, 0.15) is 5.60 Å². The van der Waals surface area contributed by atoms with E-state index in [0.717, 1.165) is 37.8 Å². The quantitative estimate of drug-likeness (QED) is 0.846. The Morgan fingerprint density at radius 2 is 1.52 bits per heavy atom. The zero-order valence-corrected chi connectivity index (χ0v) is 15.7. The molecule has 1 saturated carbocycles. The summed E-state index contributed by atoms with van der Waals surface area (Å²) in [7, 11) is 0. The van der Waals surface area contributed by atoms with Gasteiger partial charge in [0, 0.05) is 25.2 Å². The summed E-state index contributed by atoms with van der Waals surface area (Å²) in [5, 5.41) is 3.85. The van der Waals surface area contributed by atoms with Gasteiger partial charge in [-0.2, -0.15) is 0 Å². The van der Waals surface area contributed by atoms with Crippen molar-refractivity contribution in [3.8, 4) is 0 Å². The van der Waals surface area contributed by atoms with Crippen LogP contribution in [0.15, 0.2) is 0 Å². The minimum Gasteiger partial charge on any atom is -0.444 e. The molecular formula is C19H36N2O2. The van der Waals surface area contributed by atoms with Crippen LogP contribution in [0.3, 0.4) is 0 Å². The lowest BCUT2D eigenvalue weighted by Gasteiger charge is -2.37. The number of amides is 1. The van der Waals surface area contributed by atoms with E-state index in [1.54, 1.807) is 0 Å². The van der Waals surface area contributed by atoms with E-state index in [4.69, 9.17) is 4.74 Å². The molecule has 1 aliphatic carbocycles. The maximum atomic E-state index is 12.1. The Morgan fingerprint density at radius 3 is 2.00 bits per heavy atom. The molecule has 1 aliphatic heterocycles. The van der Waals surface area contributed by atoms with E-state index in [2.05, 4.69) is 19.2 Å². The van der Waals surface area contributed by atoms with Gasteiger partial charge in [-0.25, -0.2) is 4.79 Å². The molecule has 0 atom stereocenters. The second-order valence-electron chi connectivity index (χ2n) is 8.76. The molecule has 0 aromatic carbocycles. The van der Waals surface area contributed by atoms with Crippen LogP contribution in [0.25, 0.3) is 0 Å². The van der Waals surface area contributed by atoms with Gasteiger partial charge in [0.05, 0.1) is 0 Å². The average molecular weight is 325 g/mol. The van der Waals surface area contributed by atoms with Crippen LogP contribution in [-0.4, -0.2) is 41.8 Å². The predicted molar refractivity (Wildman–Crippen MR) is 94.5 cm³/mol. The van der Waals surface area contributed by atoms with Gasteiger partial charge < -0.3 is 15.0 Å². The highest BCUT2D eigenvalue weighted by Crippen LogP contribution is 2.30. The highest BCUT2D eigenvalue weighted by molar-refractivity contribution is 5.68. The molecule has 1 heterocycles. The fourth-order valence-corrected chi connectivity index (χ4v) is 3.84. The average Bonchev–Trinajstić information content (AvgIpc) is 2.46. The predicted octanol–water partition coefficient (Wildman–Crippen LogP) is 4.19. The minimum absolute atomic E-state index is 0.159. The molecule has 23 heavy (non-hydrogen) atoms. The van der Waals surface area contributed by atoms with E-state index in [0.29, 0.717) is 12.1 Å². The lowest BCUT2D eigenvalue weighted by molar-refractivity contribution is 0.0193. The highest BCUT2D eigenvalue weighted by Gasteiger charge is 2.29. The van der Waals surface area contributed by atoms with Gasteiger partial charge in [-0.1, -0.05) is 13.8 Å². The van der Waals surface area contributed by atoms with Crippen LogP contribution < -0.4 is 5.32 Å². The number of likely N-dealkylation sites (tertiary alicyclic amines) is 1. The van der Waals surface area contributed by atoms with Gasteiger partial charge in [0.25, 0.3) is 0 Å². The second kappa shape index (κ2) is 7.87. The molecule has 0 unspecified atom stereocenters. The molecular weight excluding hydrogens is 288 g/mol. The van der Waals surface area contributed by atoms with Gasteiger partial charge in [-0.15, -0.1) is 0 Å². The summed E-state index contributed by atoms with van der Waals surface area (Å²) in [5.41, 5.74) is -0.402. The Hall–Kier alpha value is -0.770. The molecule has 0 spiro atoms. The number of nitrogens with one attached hydrogen (secondary N) is 1. The summed E-state index contributed by atoms with van der Waals surface area (Å²) in [6, 6.07) is 1.25. The van der Waals surface area contributed by atoms with E-state index in [1.807, 2.05) is 25.7 Å². The van der Waals surface area contributed by atoms with Crippen LogP contribution in [-0.2, 0) is 4.74 Å². The highest BCUT2D eigenvalue weighted by atomic mass is 16.6. The van der Waals surface area contributed by atoms with Crippen LogP contribution in [0.5, 0.6) is 0 Å². The summed E-state index contributed by atoms with van der Waals surface area (Å²) in [5.74, 6) is 1.75. The Morgan fingerprint density at radius 1 is 1.00 bits per heavy atom. The maximum absolute atomic E-state index is 12.1. The molecule has 134 valence electrons. The van der Waals surface area contributed by atoms with E-state index in [9.17, 15) is 4.79 Å². The molecule has 2 rings (SSSR count). The van der Waals surface area contributed by atoms with Crippen molar-refractivity contribution in [2.75, 3.05) is 13.1 Å². The lowest BCUT2D eigenvalue weighted by Crippen LogP contribution is -2.49. The minimum atomic E-state index is -0.402. The molecule has 1 N–H and O–H groups in total. The molecule has 1 saturated heterocycles. The molecule has 4 nitrogen and oxygen atoms in total. The van der Waals surface area contributed by atoms with E-state index >= 15 is 0 Å². The summed E-state index contributed by atoms with van der Waals surface area (Å²) in [6.45, 7) is 12.1. The standard InChI is InChI=1S/C19H36N2O2/c1-14(2)15-6-8-16(9-7-15)20-17-10-12-21(13-11-17)18(22)23-19(3,4)5/h14-17,20H,6-13H2,1-5H3. The molecule has 2 fully saturated rings. The number of piperidine rings is 1. The van der Waals surface area contributed by atoms with Gasteiger partial charge in [0.2, 0.25) is 0 Å². The van der Waals surface area contributed by atoms with E-state index < -0.39 is 5.60 Å². The number of carbonyl (C=O) groups excluding carboxylic acids is 1. The fraction of sp³-hybridized carbons (Fsp3) is 0.947. The normalized spacial score (nSPS) is 27.3. The zero-order valence-electron chi connectivity index (χ0n) is 15.7. The van der Waals surface area contributed by atoms with Gasteiger partial charge in [-0.3, -0.25) is 0 Å². The third-order valence-corrected chi connectivity index (χ3v) is 5.33. The summed E-state index contributed by atoms with van der Waals surface area (Å²) < 4.78 is 5.46. The van der Waals surface area contributed by atoms with Crippen molar-refractivity contribution in [1.29, 1.82) is 0 Å². The first-order valence-corrected chi connectivity index (χ1v) is 9.48. The third kappa shape index (κ3) is 5.98. The Bertz CT molecular complexity index is 373. The molecule has 1 amide bonds. The number of hydrogen-bond acceptors (Lipinski definition) is 3. The molecule has 4 heteroatoms.